The van der Waals surface area contributed by atoms with Gasteiger partial charge in [0, 0.05) is 31.1 Å². The summed E-state index contributed by atoms with van der Waals surface area (Å²) in [5.74, 6) is -8.03. The van der Waals surface area contributed by atoms with E-state index in [-0.39, 0.29) is 18.5 Å². The number of rotatable bonds is 4. The van der Waals surface area contributed by atoms with Gasteiger partial charge >= 0.3 is 6.18 Å². The lowest BCUT2D eigenvalue weighted by Crippen LogP contribution is -2.63. The molecular weight excluding hydrogens is 583 g/mol. The highest BCUT2D eigenvalue weighted by atomic mass is 19.4. The number of phenolic OH excluding ortho intramolecular Hbond substituents is 1. The summed E-state index contributed by atoms with van der Waals surface area (Å²) < 4.78 is 44.5. The highest BCUT2D eigenvalue weighted by molar-refractivity contribution is 6.24. The van der Waals surface area contributed by atoms with Crippen molar-refractivity contribution in [1.82, 2.24) is 9.80 Å². The first kappa shape index (κ1) is 30.6. The lowest BCUT2D eigenvalue weighted by Gasteiger charge is -2.50. The number of phenols is 1. The number of allylic oxidation sites excluding steroid dienone is 1. The molecule has 1 aromatic carbocycles. The van der Waals surface area contributed by atoms with Crippen LogP contribution in [0, 0.1) is 23.7 Å². The largest absolute Gasteiger partial charge is 0.510 e. The maximum absolute atomic E-state index is 14.8. The normalized spacial score (nSPS) is 32.5. The SMILES string of the molecule is CN(C)[C@@H]1C(O)=C(C(N)=O)C(=O)[C@@]2(O)C(O)=C3C(=O)c4c(O)cc(CN5CC6CCCCC6C5)c(C(F)(F)F)c4C[C@H]3C[C@@H]12. The van der Waals surface area contributed by atoms with Crippen LogP contribution in [0.2, 0.25) is 0 Å². The lowest BCUT2D eigenvalue weighted by atomic mass is 9.58. The predicted octanol–water partition coefficient (Wildman–Crippen LogP) is 2.76. The molecule has 6 N–H and O–H groups in total. The van der Waals surface area contributed by atoms with Crippen LogP contribution < -0.4 is 5.73 Å². The van der Waals surface area contributed by atoms with Gasteiger partial charge in [0.15, 0.2) is 11.4 Å². The van der Waals surface area contributed by atoms with E-state index in [2.05, 4.69) is 0 Å². The summed E-state index contributed by atoms with van der Waals surface area (Å²) in [5.41, 5.74) is -1.17. The maximum atomic E-state index is 14.8. The number of likely N-dealkylation sites (tertiary alicyclic amines) is 1. The number of Topliss-reactive ketones (excluding diaryl/α,β-unsaturated/α-hetero) is 2. The standard InChI is InChI=1S/C31H36F3N3O7/c1-36(2)24-18-8-15-7-17-21(25(39)20(15)27(41)30(18,44)28(42)22(26(24)40)29(35)43)19(38)9-16(23(17)31(32,33)34)12-37-10-13-5-3-4-6-14(13)11-37/h9,13-15,18,24,38,40-41,44H,3-8,10-12H2,1-2H3,(H2,35,43)/t13?,14?,15-,18-,24-,30-/m0/s1. The highest BCUT2D eigenvalue weighted by Gasteiger charge is 2.63. The molecule has 0 radical (unpaired) electrons. The molecule has 5 aliphatic rings. The Balaban J connectivity index is 1.46. The molecule has 238 valence electrons. The minimum absolute atomic E-state index is 0.0520. The van der Waals surface area contributed by atoms with Gasteiger partial charge in [-0.25, -0.2) is 0 Å². The summed E-state index contributed by atoms with van der Waals surface area (Å²) in [6, 6.07) is -0.277. The summed E-state index contributed by atoms with van der Waals surface area (Å²) in [6.45, 7) is 1.27. The average molecular weight is 620 g/mol. The number of likely N-dealkylation sites (N-methyl/N-ethyl adjacent to an activating group) is 1. The molecule has 10 nitrogen and oxygen atoms in total. The Hall–Kier alpha value is -3.42. The van der Waals surface area contributed by atoms with E-state index < -0.39 is 98.7 Å². The minimum atomic E-state index is -4.87. The Morgan fingerprint density at radius 2 is 1.73 bits per heavy atom. The highest BCUT2D eigenvalue weighted by Crippen LogP contribution is 2.54. The number of hydrogen-bond donors (Lipinski definition) is 5. The quantitative estimate of drug-likeness (QED) is 0.319. The Bertz CT molecular complexity index is 1520. The fourth-order valence-corrected chi connectivity index (χ4v) is 8.74. The molecule has 0 spiro atoms. The number of aliphatic hydroxyl groups excluding tert-OH is 2. The van der Waals surface area contributed by atoms with Crippen LogP contribution >= 0.6 is 0 Å². The van der Waals surface area contributed by atoms with Crippen molar-refractivity contribution in [2.45, 2.75) is 62.9 Å². The van der Waals surface area contributed by atoms with Crippen LogP contribution in [0.4, 0.5) is 13.2 Å². The first-order valence-corrected chi connectivity index (χ1v) is 14.9. The maximum Gasteiger partial charge on any atom is 0.417 e. The minimum Gasteiger partial charge on any atom is -0.510 e. The number of carbonyl (C=O) groups excluding carboxylic acids is 3. The number of halogens is 3. The van der Waals surface area contributed by atoms with E-state index in [1.165, 1.54) is 19.0 Å². The van der Waals surface area contributed by atoms with Crippen molar-refractivity contribution in [3.8, 4) is 5.75 Å². The molecule has 4 aliphatic carbocycles. The number of amides is 1. The van der Waals surface area contributed by atoms with Gasteiger partial charge < -0.3 is 26.2 Å². The van der Waals surface area contributed by atoms with Crippen LogP contribution in [0.1, 0.15) is 59.2 Å². The van der Waals surface area contributed by atoms with E-state index in [4.69, 9.17) is 5.73 Å². The number of alkyl halides is 3. The first-order valence-electron chi connectivity index (χ1n) is 14.9. The number of nitrogens with zero attached hydrogens (tertiary/aromatic N) is 2. The van der Waals surface area contributed by atoms with E-state index >= 15 is 0 Å². The molecule has 6 rings (SSSR count). The lowest BCUT2D eigenvalue weighted by molar-refractivity contribution is -0.148. The predicted molar refractivity (Wildman–Crippen MR) is 149 cm³/mol. The number of nitrogens with two attached hydrogens (primary N) is 1. The van der Waals surface area contributed by atoms with Crippen molar-refractivity contribution in [3.63, 3.8) is 0 Å². The van der Waals surface area contributed by atoms with Crippen LogP contribution in [-0.4, -0.2) is 86.5 Å². The van der Waals surface area contributed by atoms with Gasteiger partial charge in [-0.05, 0) is 74.7 Å². The van der Waals surface area contributed by atoms with Gasteiger partial charge in [0.1, 0.15) is 22.8 Å². The molecule has 13 heteroatoms. The molecular formula is C31H36F3N3O7. The van der Waals surface area contributed by atoms with E-state index in [9.17, 15) is 48.0 Å². The number of ketones is 2. The second-order valence-corrected chi connectivity index (χ2v) is 13.2. The van der Waals surface area contributed by atoms with Crippen LogP contribution in [0.3, 0.4) is 0 Å². The van der Waals surface area contributed by atoms with Crippen molar-refractivity contribution in [2.75, 3.05) is 27.2 Å². The van der Waals surface area contributed by atoms with Crippen LogP contribution in [0.5, 0.6) is 5.75 Å². The summed E-state index contributed by atoms with van der Waals surface area (Å²) in [7, 11) is 2.96. The van der Waals surface area contributed by atoms with Crippen molar-refractivity contribution < 1.29 is 48.0 Å². The number of aromatic hydroxyl groups is 1. The third-order valence-electron chi connectivity index (χ3n) is 10.5. The molecule has 2 fully saturated rings. The molecule has 1 aliphatic heterocycles. The van der Waals surface area contributed by atoms with E-state index in [0.717, 1.165) is 31.7 Å². The van der Waals surface area contributed by atoms with Crippen molar-refractivity contribution >= 4 is 17.5 Å². The number of fused-ring (bicyclic) bond motifs is 4. The molecule has 1 amide bonds. The van der Waals surface area contributed by atoms with Crippen molar-refractivity contribution in [1.29, 1.82) is 0 Å². The summed E-state index contributed by atoms with van der Waals surface area (Å²) in [6.07, 6.45) is -1.31. The molecule has 1 heterocycles. The monoisotopic (exact) mass is 619 g/mol. The Labute approximate surface area is 251 Å². The number of primary amides is 1. The molecule has 2 unspecified atom stereocenters. The third kappa shape index (κ3) is 4.38. The smallest absolute Gasteiger partial charge is 0.417 e. The number of hydrogen-bond acceptors (Lipinski definition) is 9. The van der Waals surface area contributed by atoms with Crippen LogP contribution in [-0.2, 0) is 28.7 Å². The van der Waals surface area contributed by atoms with E-state index in [1.54, 1.807) is 0 Å². The third-order valence-corrected chi connectivity index (χ3v) is 10.5. The van der Waals surface area contributed by atoms with E-state index in [1.807, 2.05) is 4.90 Å². The van der Waals surface area contributed by atoms with Crippen LogP contribution in [0.15, 0.2) is 28.7 Å². The van der Waals surface area contributed by atoms with Gasteiger partial charge in [-0.2, -0.15) is 13.2 Å². The summed E-state index contributed by atoms with van der Waals surface area (Å²) >= 11 is 0. The Morgan fingerprint density at radius 1 is 1.11 bits per heavy atom. The second kappa shape index (κ2) is 10.3. The van der Waals surface area contributed by atoms with E-state index in [0.29, 0.717) is 24.9 Å². The van der Waals surface area contributed by atoms with Gasteiger partial charge in [0.05, 0.1) is 17.2 Å². The second-order valence-electron chi connectivity index (χ2n) is 13.2. The molecule has 1 aromatic rings. The molecule has 0 aromatic heterocycles. The first-order chi connectivity index (χ1) is 20.6. The molecule has 6 atom stereocenters. The van der Waals surface area contributed by atoms with Gasteiger partial charge in [-0.1, -0.05) is 12.8 Å². The molecule has 44 heavy (non-hydrogen) atoms. The average Bonchev–Trinajstić information content (AvgIpc) is 3.31. The number of benzene rings is 1. The van der Waals surface area contributed by atoms with Gasteiger partial charge in [-0.15, -0.1) is 0 Å². The fraction of sp³-hybridized carbons (Fsp3) is 0.581. The van der Waals surface area contributed by atoms with Gasteiger partial charge in [0.2, 0.25) is 5.78 Å². The summed E-state index contributed by atoms with van der Waals surface area (Å²) in [4.78, 5) is 42.7. The molecule has 0 bridgehead atoms. The topological polar surface area (TPSA) is 165 Å². The molecule has 1 saturated heterocycles. The number of aliphatic hydroxyl groups is 3. The van der Waals surface area contributed by atoms with Crippen molar-refractivity contribution in [3.05, 3.63) is 51.0 Å². The zero-order valence-electron chi connectivity index (χ0n) is 24.4. The Morgan fingerprint density at radius 3 is 2.27 bits per heavy atom. The van der Waals surface area contributed by atoms with Gasteiger partial charge in [0.25, 0.3) is 5.91 Å². The Kier molecular flexibility index (Phi) is 7.17. The zero-order valence-corrected chi connectivity index (χ0v) is 24.4. The van der Waals surface area contributed by atoms with Crippen molar-refractivity contribution in [2.24, 2.45) is 29.4 Å². The fourth-order valence-electron chi connectivity index (χ4n) is 8.74. The molecule has 1 saturated carbocycles. The summed E-state index contributed by atoms with van der Waals surface area (Å²) in [5, 5.41) is 45.0. The van der Waals surface area contributed by atoms with Gasteiger partial charge in [-0.3, -0.25) is 24.2 Å². The number of carbonyl (C=O) groups is 3. The zero-order chi connectivity index (χ0) is 32.0. The van der Waals surface area contributed by atoms with Crippen LogP contribution in [0.25, 0.3) is 0 Å².